The molecule has 0 unspecified atom stereocenters. The molecular weight excluding hydrogens is 258 g/mol. The first-order valence-electron chi connectivity index (χ1n) is 5.61. The fraction of sp³-hybridized carbons (Fsp3) is 0.0714. The summed E-state index contributed by atoms with van der Waals surface area (Å²) < 4.78 is 0. The summed E-state index contributed by atoms with van der Waals surface area (Å²) in [6.45, 7) is 4.11. The van der Waals surface area contributed by atoms with E-state index in [9.17, 15) is 4.79 Å². The van der Waals surface area contributed by atoms with Crippen LogP contribution in [0.3, 0.4) is 0 Å². The summed E-state index contributed by atoms with van der Waals surface area (Å²) in [5.74, 6) is 0. The minimum absolute atomic E-state index is 0.0837. The number of rotatable bonds is 4. The summed E-state index contributed by atoms with van der Waals surface area (Å²) in [5.41, 5.74) is 0.414. The zero-order chi connectivity index (χ0) is 13.7. The second kappa shape index (κ2) is 5.94. The van der Waals surface area contributed by atoms with E-state index in [0.717, 1.165) is 5.56 Å². The van der Waals surface area contributed by atoms with Gasteiger partial charge in [0, 0.05) is 6.54 Å². The first-order chi connectivity index (χ1) is 9.26. The van der Waals surface area contributed by atoms with Crippen molar-refractivity contribution in [2.45, 2.75) is 0 Å². The van der Waals surface area contributed by atoms with Crippen LogP contribution in [0.4, 0.5) is 5.13 Å². The van der Waals surface area contributed by atoms with Gasteiger partial charge in [0.15, 0.2) is 5.13 Å². The number of nitrogens with one attached hydrogen (secondary N) is 1. The summed E-state index contributed by atoms with van der Waals surface area (Å²) in [7, 11) is 0. The van der Waals surface area contributed by atoms with Gasteiger partial charge in [0.2, 0.25) is 0 Å². The van der Waals surface area contributed by atoms with Crippen molar-refractivity contribution in [3.05, 3.63) is 58.9 Å². The molecule has 0 amide bonds. The number of benzene rings is 1. The monoisotopic (exact) mass is 269 g/mol. The van der Waals surface area contributed by atoms with Gasteiger partial charge in [-0.05, 0) is 5.56 Å². The number of hydrogen-bond donors (Lipinski definition) is 1. The molecule has 1 aromatic heterocycles. The third-order valence-corrected chi connectivity index (χ3v) is 3.46. The van der Waals surface area contributed by atoms with E-state index in [0.29, 0.717) is 16.6 Å². The molecular formula is C14H11N3OS. The predicted octanol–water partition coefficient (Wildman–Crippen LogP) is 2.64. The van der Waals surface area contributed by atoms with Crippen molar-refractivity contribution in [2.24, 2.45) is 0 Å². The van der Waals surface area contributed by atoms with Gasteiger partial charge in [-0.1, -0.05) is 47.7 Å². The van der Waals surface area contributed by atoms with Crippen molar-refractivity contribution in [2.75, 3.05) is 11.9 Å². The molecule has 5 heteroatoms. The summed E-state index contributed by atoms with van der Waals surface area (Å²) in [6, 6.07) is 11.3. The third-order valence-electron chi connectivity index (χ3n) is 2.39. The Morgan fingerprint density at radius 2 is 2.16 bits per heavy atom. The molecule has 1 heterocycles. The number of aromatic nitrogens is 1. The Kier molecular flexibility index (Phi) is 4.06. The first kappa shape index (κ1) is 13.0. The van der Waals surface area contributed by atoms with Gasteiger partial charge in [-0.2, -0.15) is 10.2 Å². The minimum Gasteiger partial charge on any atom is -0.358 e. The highest BCUT2D eigenvalue weighted by atomic mass is 32.1. The van der Waals surface area contributed by atoms with Crippen molar-refractivity contribution in [1.82, 2.24) is 4.98 Å². The molecule has 2 aromatic rings. The van der Waals surface area contributed by atoms with Crippen molar-refractivity contribution < 1.29 is 0 Å². The molecule has 1 aromatic carbocycles. The Bertz CT molecular complexity index is 686. The topological polar surface area (TPSA) is 65.8 Å². The van der Waals surface area contributed by atoms with Gasteiger partial charge in [-0.3, -0.25) is 4.79 Å². The zero-order valence-corrected chi connectivity index (χ0v) is 10.9. The first-order valence-corrected chi connectivity index (χ1v) is 6.43. The molecule has 94 valence electrons. The highest BCUT2D eigenvalue weighted by Crippen LogP contribution is 2.28. The maximum Gasteiger partial charge on any atom is 0.291 e. The number of nitrogens with zero attached hydrogens (tertiary/aromatic N) is 2. The Balaban J connectivity index is 2.58. The maximum atomic E-state index is 11.8. The molecule has 0 spiro atoms. The molecule has 0 saturated carbocycles. The van der Waals surface area contributed by atoms with Gasteiger partial charge in [-0.15, -0.1) is 6.58 Å². The van der Waals surface area contributed by atoms with E-state index < -0.39 is 5.56 Å². The summed E-state index contributed by atoms with van der Waals surface area (Å²) in [6.07, 6.45) is 1.68. The molecule has 19 heavy (non-hydrogen) atoms. The van der Waals surface area contributed by atoms with Gasteiger partial charge >= 0.3 is 0 Å². The van der Waals surface area contributed by atoms with Crippen LogP contribution in [0.15, 0.2) is 47.8 Å². The van der Waals surface area contributed by atoms with E-state index in [1.54, 1.807) is 6.08 Å². The Morgan fingerprint density at radius 3 is 2.79 bits per heavy atom. The Morgan fingerprint density at radius 1 is 1.42 bits per heavy atom. The van der Waals surface area contributed by atoms with E-state index in [1.165, 1.54) is 11.3 Å². The molecule has 0 bridgehead atoms. The SMILES string of the molecule is C=CCNc1nc(=O)c(C#N)c(-c2ccccc2)s1. The summed E-state index contributed by atoms with van der Waals surface area (Å²) in [4.78, 5) is 16.3. The van der Waals surface area contributed by atoms with Crippen LogP contribution in [0, 0.1) is 11.3 Å². The summed E-state index contributed by atoms with van der Waals surface area (Å²) in [5, 5.41) is 12.6. The van der Waals surface area contributed by atoms with E-state index in [-0.39, 0.29) is 5.56 Å². The van der Waals surface area contributed by atoms with Crippen molar-refractivity contribution in [1.29, 1.82) is 5.26 Å². The van der Waals surface area contributed by atoms with Crippen LogP contribution < -0.4 is 10.9 Å². The van der Waals surface area contributed by atoms with E-state index in [4.69, 9.17) is 5.26 Å². The molecule has 0 radical (unpaired) electrons. The van der Waals surface area contributed by atoms with Crippen LogP contribution >= 0.6 is 11.3 Å². The van der Waals surface area contributed by atoms with Gasteiger partial charge in [0.1, 0.15) is 11.6 Å². The molecule has 0 aliphatic carbocycles. The van der Waals surface area contributed by atoms with Crippen LogP contribution in [0.25, 0.3) is 10.4 Å². The highest BCUT2D eigenvalue weighted by molar-refractivity contribution is 7.18. The largest absolute Gasteiger partial charge is 0.358 e. The van der Waals surface area contributed by atoms with Crippen LogP contribution in [0.2, 0.25) is 0 Å². The van der Waals surface area contributed by atoms with Crippen molar-refractivity contribution in [3.63, 3.8) is 0 Å². The standard InChI is InChI=1S/C14H11N3OS/c1-2-8-16-14-17-13(18)11(9-15)12(19-14)10-6-4-3-5-7-10/h2-7H,1,8H2,(H,16,17,18). The molecule has 2 rings (SSSR count). The van der Waals surface area contributed by atoms with E-state index in [2.05, 4.69) is 16.9 Å². The number of nitriles is 1. The molecule has 1 N–H and O–H groups in total. The number of hydrogen-bond acceptors (Lipinski definition) is 5. The lowest BCUT2D eigenvalue weighted by molar-refractivity contribution is 1.21. The lowest BCUT2D eigenvalue weighted by Gasteiger charge is -2.06. The minimum atomic E-state index is -0.508. The van der Waals surface area contributed by atoms with Crippen LogP contribution in [0.1, 0.15) is 5.56 Å². The van der Waals surface area contributed by atoms with Crippen LogP contribution in [-0.2, 0) is 0 Å². The van der Waals surface area contributed by atoms with E-state index >= 15 is 0 Å². The van der Waals surface area contributed by atoms with Gasteiger partial charge in [0.05, 0.1) is 4.88 Å². The van der Waals surface area contributed by atoms with E-state index in [1.807, 2.05) is 36.4 Å². The normalized spacial score (nSPS) is 9.63. The van der Waals surface area contributed by atoms with Crippen LogP contribution in [-0.4, -0.2) is 11.5 Å². The fourth-order valence-electron chi connectivity index (χ4n) is 1.54. The van der Waals surface area contributed by atoms with Crippen molar-refractivity contribution >= 4 is 16.5 Å². The Hall–Kier alpha value is -2.45. The molecule has 0 aliphatic heterocycles. The maximum absolute atomic E-state index is 11.8. The third kappa shape index (κ3) is 2.87. The zero-order valence-electron chi connectivity index (χ0n) is 10.1. The molecule has 0 saturated heterocycles. The number of anilines is 1. The fourth-order valence-corrected chi connectivity index (χ4v) is 2.51. The smallest absolute Gasteiger partial charge is 0.291 e. The average molecular weight is 269 g/mol. The second-order valence-electron chi connectivity index (χ2n) is 3.68. The van der Waals surface area contributed by atoms with Crippen molar-refractivity contribution in [3.8, 4) is 16.5 Å². The molecule has 0 atom stereocenters. The summed E-state index contributed by atoms with van der Waals surface area (Å²) >= 11 is 1.29. The molecule has 4 nitrogen and oxygen atoms in total. The second-order valence-corrected chi connectivity index (χ2v) is 4.67. The molecule has 0 aliphatic rings. The van der Waals surface area contributed by atoms with Gasteiger partial charge in [0.25, 0.3) is 5.56 Å². The van der Waals surface area contributed by atoms with Gasteiger partial charge < -0.3 is 5.32 Å². The van der Waals surface area contributed by atoms with Crippen LogP contribution in [0.5, 0.6) is 0 Å². The lowest BCUT2D eigenvalue weighted by atomic mass is 10.1. The lowest BCUT2D eigenvalue weighted by Crippen LogP contribution is -2.13. The highest BCUT2D eigenvalue weighted by Gasteiger charge is 2.12. The predicted molar refractivity (Wildman–Crippen MR) is 77.2 cm³/mol. The quantitative estimate of drug-likeness (QED) is 0.866. The Labute approximate surface area is 114 Å². The van der Waals surface area contributed by atoms with Gasteiger partial charge in [-0.25, -0.2) is 0 Å². The molecule has 0 fully saturated rings. The average Bonchev–Trinajstić information content (AvgIpc) is 2.45.